The first-order valence-electron chi connectivity index (χ1n) is 7.75. The van der Waals surface area contributed by atoms with Gasteiger partial charge in [-0.3, -0.25) is 4.79 Å². The summed E-state index contributed by atoms with van der Waals surface area (Å²) >= 11 is 0. The third-order valence-corrected chi connectivity index (χ3v) is 3.99. The maximum absolute atomic E-state index is 12.1. The summed E-state index contributed by atoms with van der Waals surface area (Å²) in [6.45, 7) is 4.88. The second kappa shape index (κ2) is 10.1. The molecular formula is C15H30N2O3. The van der Waals surface area contributed by atoms with E-state index in [1.54, 1.807) is 7.11 Å². The summed E-state index contributed by atoms with van der Waals surface area (Å²) in [5, 5.41) is 3.04. The molecule has 0 spiro atoms. The molecule has 0 bridgehead atoms. The summed E-state index contributed by atoms with van der Waals surface area (Å²) in [6.07, 6.45) is 4.78. The van der Waals surface area contributed by atoms with E-state index in [0.29, 0.717) is 19.1 Å². The van der Waals surface area contributed by atoms with Gasteiger partial charge in [-0.05, 0) is 38.0 Å². The van der Waals surface area contributed by atoms with Crippen molar-refractivity contribution in [1.29, 1.82) is 0 Å². The fourth-order valence-electron chi connectivity index (χ4n) is 2.74. The Morgan fingerprint density at radius 2 is 2.05 bits per heavy atom. The average molecular weight is 286 g/mol. The Balaban J connectivity index is 2.02. The van der Waals surface area contributed by atoms with Crippen LogP contribution in [-0.4, -0.2) is 45.4 Å². The second-order valence-corrected chi connectivity index (χ2v) is 5.76. The molecule has 0 radical (unpaired) electrons. The van der Waals surface area contributed by atoms with Gasteiger partial charge in [0.2, 0.25) is 5.91 Å². The third kappa shape index (κ3) is 6.68. The van der Waals surface area contributed by atoms with E-state index in [1.807, 2.05) is 0 Å². The fourth-order valence-corrected chi connectivity index (χ4v) is 2.74. The van der Waals surface area contributed by atoms with Gasteiger partial charge in [0.25, 0.3) is 0 Å². The monoisotopic (exact) mass is 286 g/mol. The molecule has 0 aromatic heterocycles. The van der Waals surface area contributed by atoms with Crippen molar-refractivity contribution in [3.8, 4) is 0 Å². The number of methoxy groups -OCH3 is 1. The summed E-state index contributed by atoms with van der Waals surface area (Å²) in [4.78, 5) is 12.1. The molecule has 118 valence electrons. The summed E-state index contributed by atoms with van der Waals surface area (Å²) in [5.41, 5.74) is 5.92. The highest BCUT2D eigenvalue weighted by molar-refractivity contribution is 5.79. The van der Waals surface area contributed by atoms with Gasteiger partial charge < -0.3 is 20.5 Å². The van der Waals surface area contributed by atoms with Crippen LogP contribution in [-0.2, 0) is 14.3 Å². The Morgan fingerprint density at radius 1 is 1.25 bits per heavy atom. The van der Waals surface area contributed by atoms with Crippen molar-refractivity contribution < 1.29 is 14.3 Å². The van der Waals surface area contributed by atoms with Crippen LogP contribution in [0.15, 0.2) is 0 Å². The molecule has 0 saturated heterocycles. The lowest BCUT2D eigenvalue weighted by Crippen LogP contribution is -2.41. The number of ether oxygens (including phenoxy) is 2. The highest BCUT2D eigenvalue weighted by Crippen LogP contribution is 2.29. The number of nitrogens with one attached hydrogen (secondary N) is 1. The van der Waals surface area contributed by atoms with Crippen LogP contribution in [0.2, 0.25) is 0 Å². The largest absolute Gasteiger partial charge is 0.382 e. The molecule has 1 saturated carbocycles. The van der Waals surface area contributed by atoms with Gasteiger partial charge in [-0.25, -0.2) is 0 Å². The van der Waals surface area contributed by atoms with E-state index < -0.39 is 0 Å². The standard InChI is InChI=1S/C15H30N2O3/c1-12-11-13(16)5-6-14(12)15(18)17-7-3-4-8-20-10-9-19-2/h12-14H,3-11,16H2,1-2H3,(H,17,18). The number of nitrogens with two attached hydrogens (primary N) is 1. The molecule has 3 N–H and O–H groups in total. The van der Waals surface area contributed by atoms with Gasteiger partial charge in [-0.15, -0.1) is 0 Å². The van der Waals surface area contributed by atoms with Gasteiger partial charge >= 0.3 is 0 Å². The third-order valence-electron chi connectivity index (χ3n) is 3.99. The molecule has 1 amide bonds. The molecule has 3 atom stereocenters. The van der Waals surface area contributed by atoms with Crippen molar-refractivity contribution >= 4 is 5.91 Å². The lowest BCUT2D eigenvalue weighted by Gasteiger charge is -2.31. The fraction of sp³-hybridized carbons (Fsp3) is 0.933. The van der Waals surface area contributed by atoms with Crippen LogP contribution in [0.25, 0.3) is 0 Å². The lowest BCUT2D eigenvalue weighted by atomic mass is 9.78. The molecule has 1 aliphatic rings. The Hall–Kier alpha value is -0.650. The van der Waals surface area contributed by atoms with Crippen LogP contribution in [0.5, 0.6) is 0 Å². The summed E-state index contributed by atoms with van der Waals surface area (Å²) in [5.74, 6) is 0.744. The number of amides is 1. The minimum absolute atomic E-state index is 0.146. The highest BCUT2D eigenvalue weighted by atomic mass is 16.5. The van der Waals surface area contributed by atoms with Crippen LogP contribution in [0.1, 0.15) is 39.0 Å². The minimum atomic E-state index is 0.146. The zero-order valence-corrected chi connectivity index (χ0v) is 12.9. The number of hydrogen-bond acceptors (Lipinski definition) is 4. The molecule has 0 heterocycles. The SMILES string of the molecule is COCCOCCCCNC(=O)C1CCC(N)CC1C. The predicted octanol–water partition coefficient (Wildman–Crippen LogP) is 1.31. The van der Waals surface area contributed by atoms with Crippen molar-refractivity contribution in [2.75, 3.05) is 33.5 Å². The average Bonchev–Trinajstić information content (AvgIpc) is 2.41. The van der Waals surface area contributed by atoms with Crippen molar-refractivity contribution in [3.05, 3.63) is 0 Å². The normalized spacial score (nSPS) is 26.4. The molecule has 1 fully saturated rings. The molecule has 0 aliphatic heterocycles. The van der Waals surface area contributed by atoms with E-state index in [-0.39, 0.29) is 17.9 Å². The number of rotatable bonds is 9. The number of hydrogen-bond donors (Lipinski definition) is 2. The van der Waals surface area contributed by atoms with Gasteiger partial charge in [0.15, 0.2) is 0 Å². The first kappa shape index (κ1) is 17.4. The Kier molecular flexibility index (Phi) is 8.82. The van der Waals surface area contributed by atoms with Gasteiger partial charge in [-0.2, -0.15) is 0 Å². The molecule has 3 unspecified atom stereocenters. The molecule has 20 heavy (non-hydrogen) atoms. The van der Waals surface area contributed by atoms with Crippen LogP contribution >= 0.6 is 0 Å². The Bertz CT molecular complexity index is 274. The van der Waals surface area contributed by atoms with Crippen LogP contribution in [0, 0.1) is 11.8 Å². The smallest absolute Gasteiger partial charge is 0.223 e. The molecule has 5 nitrogen and oxygen atoms in total. The topological polar surface area (TPSA) is 73.6 Å². The van der Waals surface area contributed by atoms with E-state index in [2.05, 4.69) is 12.2 Å². The van der Waals surface area contributed by atoms with Gasteiger partial charge in [-0.1, -0.05) is 6.92 Å². The molecule has 0 aromatic carbocycles. The van der Waals surface area contributed by atoms with Crippen LogP contribution in [0.3, 0.4) is 0 Å². The van der Waals surface area contributed by atoms with E-state index in [4.69, 9.17) is 15.2 Å². The van der Waals surface area contributed by atoms with E-state index in [1.165, 1.54) is 0 Å². The highest BCUT2D eigenvalue weighted by Gasteiger charge is 2.30. The van der Waals surface area contributed by atoms with E-state index in [0.717, 1.165) is 45.3 Å². The Labute approximate surface area is 122 Å². The van der Waals surface area contributed by atoms with Crippen molar-refractivity contribution in [1.82, 2.24) is 5.32 Å². The molecular weight excluding hydrogens is 256 g/mol. The first-order valence-corrected chi connectivity index (χ1v) is 7.75. The molecule has 0 aromatic rings. The lowest BCUT2D eigenvalue weighted by molar-refractivity contribution is -0.127. The van der Waals surface area contributed by atoms with Crippen molar-refractivity contribution in [2.45, 2.75) is 45.1 Å². The van der Waals surface area contributed by atoms with E-state index in [9.17, 15) is 4.79 Å². The minimum Gasteiger partial charge on any atom is -0.382 e. The van der Waals surface area contributed by atoms with E-state index >= 15 is 0 Å². The maximum Gasteiger partial charge on any atom is 0.223 e. The molecule has 1 rings (SSSR count). The molecule has 5 heteroatoms. The maximum atomic E-state index is 12.1. The van der Waals surface area contributed by atoms with Gasteiger partial charge in [0, 0.05) is 32.2 Å². The number of carbonyl (C=O) groups excluding carboxylic acids is 1. The van der Waals surface area contributed by atoms with Crippen molar-refractivity contribution in [3.63, 3.8) is 0 Å². The molecule has 1 aliphatic carbocycles. The summed E-state index contributed by atoms with van der Waals surface area (Å²) in [6, 6.07) is 0.276. The summed E-state index contributed by atoms with van der Waals surface area (Å²) < 4.78 is 10.3. The number of carbonyl (C=O) groups is 1. The van der Waals surface area contributed by atoms with Crippen LogP contribution in [0.4, 0.5) is 0 Å². The summed E-state index contributed by atoms with van der Waals surface area (Å²) in [7, 11) is 1.66. The first-order chi connectivity index (χ1) is 9.65. The van der Waals surface area contributed by atoms with Crippen LogP contribution < -0.4 is 11.1 Å². The zero-order valence-electron chi connectivity index (χ0n) is 12.9. The predicted molar refractivity (Wildman–Crippen MR) is 79.4 cm³/mol. The van der Waals surface area contributed by atoms with Crippen molar-refractivity contribution in [2.24, 2.45) is 17.6 Å². The zero-order chi connectivity index (χ0) is 14.8. The Morgan fingerprint density at radius 3 is 2.75 bits per heavy atom. The quantitative estimate of drug-likeness (QED) is 0.627. The van der Waals surface area contributed by atoms with Gasteiger partial charge in [0.1, 0.15) is 0 Å². The van der Waals surface area contributed by atoms with Gasteiger partial charge in [0.05, 0.1) is 13.2 Å². The second-order valence-electron chi connectivity index (χ2n) is 5.76. The number of unbranched alkanes of at least 4 members (excludes halogenated alkanes) is 1.